The molecular weight excluding hydrogens is 200 g/mol. The molecule has 1 aromatic heterocycles. The van der Waals surface area contributed by atoms with Crippen molar-refractivity contribution in [1.29, 1.82) is 0 Å². The normalized spacial score (nSPS) is 11.0. The fraction of sp³-hybridized carbons (Fsp3) is 0.273. The SMILES string of the molecule is COc1c(F)cc2[nH]c(C)c(C)c2c1F. The van der Waals surface area contributed by atoms with E-state index in [0.717, 1.165) is 11.3 Å². The van der Waals surface area contributed by atoms with Crippen LogP contribution in [0.25, 0.3) is 10.9 Å². The minimum absolute atomic E-state index is 0.329. The Kier molecular flexibility index (Phi) is 2.14. The lowest BCUT2D eigenvalue weighted by Gasteiger charge is -2.04. The van der Waals surface area contributed by atoms with Gasteiger partial charge in [0.1, 0.15) is 0 Å². The van der Waals surface area contributed by atoms with E-state index in [9.17, 15) is 8.78 Å². The number of aryl methyl sites for hydroxylation is 2. The topological polar surface area (TPSA) is 25.0 Å². The minimum Gasteiger partial charge on any atom is -0.491 e. The summed E-state index contributed by atoms with van der Waals surface area (Å²) in [7, 11) is 1.25. The summed E-state index contributed by atoms with van der Waals surface area (Å²) < 4.78 is 31.8. The first-order valence-corrected chi connectivity index (χ1v) is 4.57. The average Bonchev–Trinajstić information content (AvgIpc) is 2.43. The summed E-state index contributed by atoms with van der Waals surface area (Å²) in [5.41, 5.74) is 2.07. The van der Waals surface area contributed by atoms with Gasteiger partial charge in [0.2, 0.25) is 0 Å². The first kappa shape index (κ1) is 9.96. The molecule has 1 aromatic carbocycles. The zero-order valence-electron chi connectivity index (χ0n) is 8.74. The maximum Gasteiger partial charge on any atom is 0.191 e. The molecule has 0 fully saturated rings. The molecule has 2 aromatic rings. The van der Waals surface area contributed by atoms with E-state index < -0.39 is 11.6 Å². The molecule has 0 amide bonds. The number of methoxy groups -OCH3 is 1. The molecule has 2 nitrogen and oxygen atoms in total. The lowest BCUT2D eigenvalue weighted by molar-refractivity contribution is 0.362. The van der Waals surface area contributed by atoms with Crippen LogP contribution in [-0.4, -0.2) is 12.1 Å². The Hall–Kier alpha value is -1.58. The van der Waals surface area contributed by atoms with E-state index in [-0.39, 0.29) is 5.75 Å². The Bertz CT molecular complexity index is 531. The van der Waals surface area contributed by atoms with Crippen molar-refractivity contribution in [2.75, 3.05) is 7.11 Å². The number of rotatable bonds is 1. The Morgan fingerprint density at radius 1 is 1.27 bits per heavy atom. The van der Waals surface area contributed by atoms with Gasteiger partial charge in [-0.3, -0.25) is 0 Å². The predicted octanol–water partition coefficient (Wildman–Crippen LogP) is 3.07. The second kappa shape index (κ2) is 3.22. The fourth-order valence-electron chi connectivity index (χ4n) is 1.74. The van der Waals surface area contributed by atoms with Gasteiger partial charge in [-0.25, -0.2) is 8.78 Å². The highest BCUT2D eigenvalue weighted by atomic mass is 19.1. The van der Waals surface area contributed by atoms with E-state index in [4.69, 9.17) is 0 Å². The van der Waals surface area contributed by atoms with Crippen molar-refractivity contribution in [1.82, 2.24) is 4.98 Å². The van der Waals surface area contributed by atoms with E-state index >= 15 is 0 Å². The number of fused-ring (bicyclic) bond motifs is 1. The van der Waals surface area contributed by atoms with Gasteiger partial charge in [0.25, 0.3) is 0 Å². The molecule has 0 atom stereocenters. The van der Waals surface area contributed by atoms with Crippen LogP contribution in [0.1, 0.15) is 11.3 Å². The standard InChI is InChI=1S/C11H11F2NO/c1-5-6(2)14-8-4-7(12)11(15-3)10(13)9(5)8/h4,14H,1-3H3. The molecule has 4 heteroatoms. The summed E-state index contributed by atoms with van der Waals surface area (Å²) in [5.74, 6) is -1.66. The van der Waals surface area contributed by atoms with Crippen LogP contribution in [0.2, 0.25) is 0 Å². The van der Waals surface area contributed by atoms with Crippen LogP contribution in [0, 0.1) is 25.5 Å². The van der Waals surface area contributed by atoms with Crippen LogP contribution in [0.5, 0.6) is 5.75 Å². The molecule has 0 aliphatic heterocycles. The summed E-state index contributed by atoms with van der Waals surface area (Å²) in [5, 5.41) is 0.394. The Labute approximate surface area is 85.9 Å². The third-order valence-electron chi connectivity index (χ3n) is 2.64. The lowest BCUT2D eigenvalue weighted by Crippen LogP contribution is -1.93. The first-order valence-electron chi connectivity index (χ1n) is 4.57. The van der Waals surface area contributed by atoms with Crippen molar-refractivity contribution in [2.24, 2.45) is 0 Å². The van der Waals surface area contributed by atoms with Gasteiger partial charge >= 0.3 is 0 Å². The number of nitrogens with one attached hydrogen (secondary N) is 1. The highest BCUT2D eigenvalue weighted by Gasteiger charge is 2.18. The minimum atomic E-state index is -0.691. The second-order valence-corrected chi connectivity index (χ2v) is 3.50. The van der Waals surface area contributed by atoms with Gasteiger partial charge in [-0.1, -0.05) is 0 Å². The average molecular weight is 211 g/mol. The quantitative estimate of drug-likeness (QED) is 0.770. The van der Waals surface area contributed by atoms with Gasteiger partial charge in [0, 0.05) is 17.1 Å². The molecule has 0 bridgehead atoms. The number of aromatic amines is 1. The summed E-state index contributed by atoms with van der Waals surface area (Å²) >= 11 is 0. The maximum absolute atomic E-state index is 13.8. The number of H-pyrrole nitrogens is 1. The molecule has 0 saturated heterocycles. The van der Waals surface area contributed by atoms with E-state index in [1.165, 1.54) is 13.2 Å². The summed E-state index contributed by atoms with van der Waals surface area (Å²) in [4.78, 5) is 2.92. The van der Waals surface area contributed by atoms with Crippen LogP contribution in [0.15, 0.2) is 6.07 Å². The number of aromatic nitrogens is 1. The molecular formula is C11H11F2NO. The molecule has 1 N–H and O–H groups in total. The zero-order valence-corrected chi connectivity index (χ0v) is 8.74. The predicted molar refractivity (Wildman–Crippen MR) is 54.2 cm³/mol. The van der Waals surface area contributed by atoms with E-state index in [2.05, 4.69) is 9.72 Å². The highest BCUT2D eigenvalue weighted by Crippen LogP contribution is 2.32. The highest BCUT2D eigenvalue weighted by molar-refractivity contribution is 5.86. The molecule has 0 radical (unpaired) electrons. The van der Waals surface area contributed by atoms with Gasteiger partial charge in [-0.2, -0.15) is 0 Å². The molecule has 0 saturated carbocycles. The van der Waals surface area contributed by atoms with Gasteiger partial charge in [0.05, 0.1) is 12.6 Å². The number of benzene rings is 1. The molecule has 0 unspecified atom stereocenters. The Morgan fingerprint density at radius 2 is 1.93 bits per heavy atom. The number of hydrogen-bond acceptors (Lipinski definition) is 1. The lowest BCUT2D eigenvalue weighted by atomic mass is 10.1. The summed E-state index contributed by atoms with van der Waals surface area (Å²) in [6.07, 6.45) is 0. The van der Waals surface area contributed by atoms with Crippen LogP contribution in [-0.2, 0) is 0 Å². The van der Waals surface area contributed by atoms with E-state index in [1.54, 1.807) is 6.92 Å². The van der Waals surface area contributed by atoms with E-state index in [0.29, 0.717) is 10.9 Å². The fourth-order valence-corrected chi connectivity index (χ4v) is 1.74. The molecule has 2 rings (SSSR count). The van der Waals surface area contributed by atoms with Crippen LogP contribution >= 0.6 is 0 Å². The zero-order chi connectivity index (χ0) is 11.2. The maximum atomic E-state index is 13.8. The molecule has 0 aliphatic rings. The van der Waals surface area contributed by atoms with Crippen molar-refractivity contribution in [3.63, 3.8) is 0 Å². The second-order valence-electron chi connectivity index (χ2n) is 3.50. The van der Waals surface area contributed by atoms with Crippen molar-refractivity contribution in [3.05, 3.63) is 29.0 Å². The molecule has 0 spiro atoms. The molecule has 1 heterocycles. The van der Waals surface area contributed by atoms with Crippen LogP contribution in [0.4, 0.5) is 8.78 Å². The van der Waals surface area contributed by atoms with Crippen LogP contribution in [0.3, 0.4) is 0 Å². The summed E-state index contributed by atoms with van der Waals surface area (Å²) in [6.45, 7) is 3.60. The van der Waals surface area contributed by atoms with Gasteiger partial charge in [-0.05, 0) is 19.4 Å². The third-order valence-corrected chi connectivity index (χ3v) is 2.64. The Balaban J connectivity index is 2.92. The van der Waals surface area contributed by atoms with Crippen LogP contribution < -0.4 is 4.74 Å². The van der Waals surface area contributed by atoms with Crippen molar-refractivity contribution in [2.45, 2.75) is 13.8 Å². The van der Waals surface area contributed by atoms with Gasteiger partial charge in [-0.15, -0.1) is 0 Å². The van der Waals surface area contributed by atoms with Gasteiger partial charge in [0.15, 0.2) is 17.4 Å². The third kappa shape index (κ3) is 1.28. The molecule has 80 valence electrons. The van der Waals surface area contributed by atoms with Crippen molar-refractivity contribution >= 4 is 10.9 Å². The van der Waals surface area contributed by atoms with E-state index in [1.807, 2.05) is 6.92 Å². The number of ether oxygens (including phenoxy) is 1. The summed E-state index contributed by atoms with van der Waals surface area (Å²) in [6, 6.07) is 1.25. The Morgan fingerprint density at radius 3 is 2.53 bits per heavy atom. The van der Waals surface area contributed by atoms with Gasteiger partial charge < -0.3 is 9.72 Å². The largest absolute Gasteiger partial charge is 0.491 e. The van der Waals surface area contributed by atoms with Crippen molar-refractivity contribution < 1.29 is 13.5 Å². The first-order chi connectivity index (χ1) is 7.06. The smallest absolute Gasteiger partial charge is 0.191 e. The number of hydrogen-bond donors (Lipinski definition) is 1. The molecule has 15 heavy (non-hydrogen) atoms. The van der Waals surface area contributed by atoms with Crippen molar-refractivity contribution in [3.8, 4) is 5.75 Å². The monoisotopic (exact) mass is 211 g/mol. The molecule has 0 aliphatic carbocycles. The number of halogens is 2.